The van der Waals surface area contributed by atoms with Gasteiger partial charge in [0.05, 0.1) is 10.2 Å². The van der Waals surface area contributed by atoms with Crippen molar-refractivity contribution in [3.63, 3.8) is 0 Å². The van der Waals surface area contributed by atoms with Crippen molar-refractivity contribution in [1.82, 2.24) is 10.3 Å². The van der Waals surface area contributed by atoms with E-state index in [0.717, 1.165) is 24.4 Å². The highest BCUT2D eigenvalue weighted by Gasteiger charge is 1.98. The van der Waals surface area contributed by atoms with Gasteiger partial charge in [0.25, 0.3) is 0 Å². The van der Waals surface area contributed by atoms with Gasteiger partial charge in [-0.1, -0.05) is 0 Å². The maximum Gasteiger partial charge on any atom is 0.0809 e. The fraction of sp³-hybridized carbons (Fsp3) is 0.364. The molecule has 4 heteroatoms. The second kappa shape index (κ2) is 5.49. The Morgan fingerprint density at radius 3 is 3.33 bits per heavy atom. The molecule has 0 saturated carbocycles. The first kappa shape index (κ1) is 10.9. The van der Waals surface area contributed by atoms with E-state index in [-0.39, 0.29) is 0 Å². The second-order valence-electron chi connectivity index (χ2n) is 3.32. The van der Waals surface area contributed by atoms with Gasteiger partial charge in [0.1, 0.15) is 0 Å². The van der Waals surface area contributed by atoms with Crippen LogP contribution in [0.1, 0.15) is 5.56 Å². The molecule has 0 aliphatic rings. The van der Waals surface area contributed by atoms with Gasteiger partial charge in [-0.2, -0.15) is 11.8 Å². The number of hydrogen-bond donors (Lipinski definition) is 1. The minimum absolute atomic E-state index is 0.918. The Morgan fingerprint density at radius 2 is 2.47 bits per heavy atom. The standard InChI is InChI=1S/C11H14N2S2/c1-14-5-3-12-7-9-6-11-10(13-8-9)2-4-15-11/h2,4,6,8,12H,3,5,7H2,1H3. The number of hydrogen-bond acceptors (Lipinski definition) is 4. The van der Waals surface area contributed by atoms with E-state index in [2.05, 4.69) is 34.1 Å². The van der Waals surface area contributed by atoms with Crippen molar-refractivity contribution < 1.29 is 0 Å². The zero-order valence-electron chi connectivity index (χ0n) is 8.69. The molecule has 0 unspecified atom stereocenters. The lowest BCUT2D eigenvalue weighted by atomic mass is 10.2. The van der Waals surface area contributed by atoms with Crippen LogP contribution in [0.5, 0.6) is 0 Å². The lowest BCUT2D eigenvalue weighted by molar-refractivity contribution is 0.731. The smallest absolute Gasteiger partial charge is 0.0809 e. The Balaban J connectivity index is 1.96. The average molecular weight is 238 g/mol. The molecule has 0 radical (unpaired) electrons. The number of pyridine rings is 1. The lowest BCUT2D eigenvalue weighted by Crippen LogP contribution is -2.16. The van der Waals surface area contributed by atoms with Gasteiger partial charge >= 0.3 is 0 Å². The number of aromatic nitrogens is 1. The molecule has 15 heavy (non-hydrogen) atoms. The maximum atomic E-state index is 4.41. The van der Waals surface area contributed by atoms with Gasteiger partial charge in [-0.15, -0.1) is 11.3 Å². The third kappa shape index (κ3) is 2.93. The molecule has 0 spiro atoms. The van der Waals surface area contributed by atoms with Gasteiger partial charge < -0.3 is 5.32 Å². The van der Waals surface area contributed by atoms with Gasteiger partial charge in [0.15, 0.2) is 0 Å². The van der Waals surface area contributed by atoms with E-state index in [1.165, 1.54) is 10.3 Å². The predicted molar refractivity (Wildman–Crippen MR) is 69.7 cm³/mol. The van der Waals surface area contributed by atoms with Crippen molar-refractivity contribution in [3.05, 3.63) is 29.3 Å². The molecule has 0 atom stereocenters. The maximum absolute atomic E-state index is 4.41. The summed E-state index contributed by atoms with van der Waals surface area (Å²) in [6.45, 7) is 1.98. The van der Waals surface area contributed by atoms with E-state index in [4.69, 9.17) is 0 Å². The molecular weight excluding hydrogens is 224 g/mol. The fourth-order valence-electron chi connectivity index (χ4n) is 1.39. The van der Waals surface area contributed by atoms with Crippen LogP contribution in [0.25, 0.3) is 10.2 Å². The molecule has 2 nitrogen and oxygen atoms in total. The first-order valence-electron chi connectivity index (χ1n) is 4.92. The Morgan fingerprint density at radius 1 is 1.53 bits per heavy atom. The summed E-state index contributed by atoms with van der Waals surface area (Å²) in [6.07, 6.45) is 4.09. The normalized spacial score (nSPS) is 11.0. The summed E-state index contributed by atoms with van der Waals surface area (Å²) in [7, 11) is 0. The summed E-state index contributed by atoms with van der Waals surface area (Å²) in [5.41, 5.74) is 2.37. The van der Waals surface area contributed by atoms with Gasteiger partial charge in [-0.3, -0.25) is 4.98 Å². The van der Waals surface area contributed by atoms with Crippen LogP contribution >= 0.6 is 23.1 Å². The van der Waals surface area contributed by atoms with Crippen LogP contribution in [0.3, 0.4) is 0 Å². The van der Waals surface area contributed by atoms with Crippen LogP contribution in [-0.4, -0.2) is 23.5 Å². The Bertz CT molecular complexity index is 425. The first-order valence-corrected chi connectivity index (χ1v) is 7.19. The van der Waals surface area contributed by atoms with Gasteiger partial charge in [-0.25, -0.2) is 0 Å². The summed E-state index contributed by atoms with van der Waals surface area (Å²) < 4.78 is 1.28. The lowest BCUT2D eigenvalue weighted by Gasteiger charge is -2.03. The molecular formula is C11H14N2S2. The highest BCUT2D eigenvalue weighted by molar-refractivity contribution is 7.98. The average Bonchev–Trinajstić information content (AvgIpc) is 2.71. The topological polar surface area (TPSA) is 24.9 Å². The summed E-state index contributed by atoms with van der Waals surface area (Å²) >= 11 is 3.62. The van der Waals surface area contributed by atoms with Crippen LogP contribution in [0.2, 0.25) is 0 Å². The molecule has 2 heterocycles. The molecule has 80 valence electrons. The minimum Gasteiger partial charge on any atom is -0.312 e. The highest BCUT2D eigenvalue weighted by Crippen LogP contribution is 2.19. The van der Waals surface area contributed by atoms with Crippen LogP contribution in [0, 0.1) is 0 Å². The SMILES string of the molecule is CSCCNCc1cnc2ccsc2c1. The number of nitrogens with zero attached hydrogens (tertiary/aromatic N) is 1. The van der Waals surface area contributed by atoms with Crippen LogP contribution in [-0.2, 0) is 6.54 Å². The van der Waals surface area contributed by atoms with E-state index >= 15 is 0 Å². The van der Waals surface area contributed by atoms with Crippen molar-refractivity contribution in [1.29, 1.82) is 0 Å². The van der Waals surface area contributed by atoms with Crippen LogP contribution in [0.15, 0.2) is 23.7 Å². The second-order valence-corrected chi connectivity index (χ2v) is 5.25. The number of nitrogens with one attached hydrogen (secondary N) is 1. The van der Waals surface area contributed by atoms with Crippen molar-refractivity contribution in [3.8, 4) is 0 Å². The molecule has 0 bridgehead atoms. The number of thiophene rings is 1. The third-order valence-corrected chi connectivity index (χ3v) is 3.64. The van der Waals surface area contributed by atoms with E-state index in [0.29, 0.717) is 0 Å². The summed E-state index contributed by atoms with van der Waals surface area (Å²) in [6, 6.07) is 4.28. The molecule has 2 rings (SSSR count). The van der Waals surface area contributed by atoms with E-state index in [1.807, 2.05) is 18.0 Å². The molecule has 2 aromatic heterocycles. The molecule has 0 amide bonds. The van der Waals surface area contributed by atoms with Crippen LogP contribution < -0.4 is 5.32 Å². The fourth-order valence-corrected chi connectivity index (χ4v) is 2.54. The zero-order chi connectivity index (χ0) is 10.5. The quantitative estimate of drug-likeness (QED) is 0.811. The van der Waals surface area contributed by atoms with Gasteiger partial charge in [0, 0.05) is 25.0 Å². The molecule has 0 saturated heterocycles. The number of rotatable bonds is 5. The summed E-state index contributed by atoms with van der Waals surface area (Å²) in [4.78, 5) is 4.41. The van der Waals surface area contributed by atoms with Gasteiger partial charge in [0.2, 0.25) is 0 Å². The Labute approximate surface area is 98.1 Å². The summed E-state index contributed by atoms with van der Waals surface area (Å²) in [5, 5.41) is 5.49. The molecule has 0 aromatic carbocycles. The molecule has 0 fully saturated rings. The molecule has 0 aliphatic heterocycles. The highest BCUT2D eigenvalue weighted by atomic mass is 32.2. The van der Waals surface area contributed by atoms with E-state index in [1.54, 1.807) is 11.3 Å². The van der Waals surface area contributed by atoms with Gasteiger partial charge in [-0.05, 0) is 29.3 Å². The van der Waals surface area contributed by atoms with Crippen LogP contribution in [0.4, 0.5) is 0 Å². The first-order chi connectivity index (χ1) is 7.40. The number of fused-ring (bicyclic) bond motifs is 1. The predicted octanol–water partition coefficient (Wildman–Crippen LogP) is 2.75. The van der Waals surface area contributed by atoms with Crippen molar-refractivity contribution in [2.24, 2.45) is 0 Å². The van der Waals surface area contributed by atoms with E-state index in [9.17, 15) is 0 Å². The third-order valence-electron chi connectivity index (χ3n) is 2.17. The molecule has 1 N–H and O–H groups in total. The minimum atomic E-state index is 0.918. The van der Waals surface area contributed by atoms with E-state index < -0.39 is 0 Å². The number of thioether (sulfide) groups is 1. The monoisotopic (exact) mass is 238 g/mol. The molecule has 2 aromatic rings. The summed E-state index contributed by atoms with van der Waals surface area (Å²) in [5.74, 6) is 1.16. The van der Waals surface area contributed by atoms with Crippen molar-refractivity contribution in [2.75, 3.05) is 18.6 Å². The van der Waals surface area contributed by atoms with Crippen molar-refractivity contribution >= 4 is 33.3 Å². The zero-order valence-corrected chi connectivity index (χ0v) is 10.3. The molecule has 0 aliphatic carbocycles. The van der Waals surface area contributed by atoms with Crippen molar-refractivity contribution in [2.45, 2.75) is 6.54 Å². The largest absolute Gasteiger partial charge is 0.312 e. The Kier molecular flexibility index (Phi) is 4.00. The Hall–Kier alpha value is -0.580.